The molecule has 5 heteroatoms. The van der Waals surface area contributed by atoms with Crippen LogP contribution in [0.4, 0.5) is 0 Å². The second kappa shape index (κ2) is 12.5. The van der Waals surface area contributed by atoms with Gasteiger partial charge in [0.15, 0.2) is 0 Å². The van der Waals surface area contributed by atoms with Crippen LogP contribution < -0.4 is 10.2 Å². The summed E-state index contributed by atoms with van der Waals surface area (Å²) in [7, 11) is 0. The summed E-state index contributed by atoms with van der Waals surface area (Å²) in [5.74, 6) is -0.148. The molecule has 0 heterocycles. The number of nitrogens with zero attached hydrogens (tertiary/aromatic N) is 1. The molecule has 0 fully saturated rings. The van der Waals surface area contributed by atoms with Gasteiger partial charge in [-0.1, -0.05) is 87.1 Å². The monoisotopic (exact) mass is 444 g/mol. The van der Waals surface area contributed by atoms with Crippen LogP contribution in [0.25, 0.3) is 10.8 Å². The summed E-state index contributed by atoms with van der Waals surface area (Å²) in [6.07, 6.45) is 8.77. The molecule has 0 aliphatic heterocycles. The van der Waals surface area contributed by atoms with E-state index in [1.54, 1.807) is 24.4 Å². The Kier molecular flexibility index (Phi) is 9.19. The molecular weight excluding hydrogens is 412 g/mol. The van der Waals surface area contributed by atoms with E-state index < -0.39 is 5.97 Å². The van der Waals surface area contributed by atoms with Gasteiger partial charge < -0.3 is 4.74 Å². The second-order valence-electron chi connectivity index (χ2n) is 8.27. The number of carbonyl (C=O) groups is 2. The molecule has 5 nitrogen and oxygen atoms in total. The number of ether oxygens (including phenoxy) is 1. The molecule has 0 spiro atoms. The highest BCUT2D eigenvalue weighted by Gasteiger charge is 2.13. The van der Waals surface area contributed by atoms with Crippen LogP contribution in [0.3, 0.4) is 0 Å². The Bertz CT molecular complexity index is 1120. The molecule has 172 valence electrons. The standard InChI is InChI=1S/C28H32N2O3/c1-3-4-5-6-7-8-16-27(31)30-29-20-25-24-15-10-9-13-22(24)17-18-26(25)33-28(32)23-14-11-12-21(2)19-23/h9-15,17-20H,3-8,16H2,1-2H3,(H,30,31)/b29-20+. The number of fused-ring (bicyclic) bond motifs is 1. The first-order valence-electron chi connectivity index (χ1n) is 11.7. The Morgan fingerprint density at radius 2 is 1.73 bits per heavy atom. The van der Waals surface area contributed by atoms with Gasteiger partial charge in [-0.15, -0.1) is 0 Å². The van der Waals surface area contributed by atoms with Crippen LogP contribution >= 0.6 is 0 Å². The SMILES string of the molecule is CCCCCCCCC(=O)N/N=C/c1c(OC(=O)c2cccc(C)c2)ccc2ccccc12. The second-order valence-corrected chi connectivity index (χ2v) is 8.27. The molecule has 3 rings (SSSR count). The highest BCUT2D eigenvalue weighted by molar-refractivity contribution is 6.04. The van der Waals surface area contributed by atoms with Crippen molar-refractivity contribution in [2.75, 3.05) is 0 Å². The summed E-state index contributed by atoms with van der Waals surface area (Å²) in [5.41, 5.74) is 4.72. The van der Waals surface area contributed by atoms with E-state index in [2.05, 4.69) is 17.5 Å². The van der Waals surface area contributed by atoms with E-state index in [-0.39, 0.29) is 5.91 Å². The zero-order valence-corrected chi connectivity index (χ0v) is 19.5. The largest absolute Gasteiger partial charge is 0.422 e. The first kappa shape index (κ1) is 24.2. The number of esters is 1. The van der Waals surface area contributed by atoms with Gasteiger partial charge in [-0.2, -0.15) is 5.10 Å². The zero-order valence-electron chi connectivity index (χ0n) is 19.5. The maximum absolute atomic E-state index is 12.7. The fraction of sp³-hybridized carbons (Fsp3) is 0.321. The predicted molar refractivity (Wildman–Crippen MR) is 134 cm³/mol. The Morgan fingerprint density at radius 1 is 0.939 bits per heavy atom. The van der Waals surface area contributed by atoms with Crippen molar-refractivity contribution in [3.05, 3.63) is 77.4 Å². The lowest BCUT2D eigenvalue weighted by Crippen LogP contribution is -2.17. The fourth-order valence-corrected chi connectivity index (χ4v) is 3.72. The number of benzene rings is 3. The Labute approximate surface area is 195 Å². The molecule has 0 unspecified atom stereocenters. The third kappa shape index (κ3) is 7.28. The minimum atomic E-state index is -0.435. The molecular formula is C28H32N2O3. The van der Waals surface area contributed by atoms with E-state index >= 15 is 0 Å². The number of hydrogen-bond donors (Lipinski definition) is 1. The number of carbonyl (C=O) groups excluding carboxylic acids is 2. The van der Waals surface area contributed by atoms with E-state index in [0.29, 0.717) is 23.3 Å². The van der Waals surface area contributed by atoms with Gasteiger partial charge in [0.1, 0.15) is 5.75 Å². The van der Waals surface area contributed by atoms with Gasteiger partial charge in [0.25, 0.3) is 0 Å². The summed E-state index contributed by atoms with van der Waals surface area (Å²) >= 11 is 0. The van der Waals surface area contributed by atoms with E-state index in [0.717, 1.165) is 35.6 Å². The van der Waals surface area contributed by atoms with Crippen LogP contribution in [0.15, 0.2) is 65.8 Å². The Hall–Kier alpha value is -3.47. The quantitative estimate of drug-likeness (QED) is 0.120. The Balaban J connectivity index is 1.70. The van der Waals surface area contributed by atoms with Crippen molar-refractivity contribution in [3.63, 3.8) is 0 Å². The molecule has 0 radical (unpaired) electrons. The van der Waals surface area contributed by atoms with Crippen molar-refractivity contribution < 1.29 is 14.3 Å². The van der Waals surface area contributed by atoms with E-state index in [1.165, 1.54) is 19.3 Å². The van der Waals surface area contributed by atoms with Crippen molar-refractivity contribution in [1.82, 2.24) is 5.43 Å². The van der Waals surface area contributed by atoms with E-state index in [1.807, 2.05) is 49.4 Å². The molecule has 0 saturated heterocycles. The molecule has 0 aliphatic rings. The van der Waals surface area contributed by atoms with Gasteiger partial charge >= 0.3 is 5.97 Å². The zero-order chi connectivity index (χ0) is 23.5. The van der Waals surface area contributed by atoms with Crippen molar-refractivity contribution in [2.24, 2.45) is 5.10 Å². The first-order valence-corrected chi connectivity index (χ1v) is 11.7. The maximum Gasteiger partial charge on any atom is 0.343 e. The summed E-state index contributed by atoms with van der Waals surface area (Å²) in [6, 6.07) is 18.7. The van der Waals surface area contributed by atoms with E-state index in [4.69, 9.17) is 4.74 Å². The predicted octanol–water partition coefficient (Wildman–Crippen LogP) is 6.57. The van der Waals surface area contributed by atoms with Gasteiger partial charge in [0, 0.05) is 12.0 Å². The molecule has 0 aromatic heterocycles. The number of unbranched alkanes of at least 4 members (excludes halogenated alkanes) is 5. The van der Waals surface area contributed by atoms with Crippen LogP contribution in [0.1, 0.15) is 73.4 Å². The average Bonchev–Trinajstić information content (AvgIpc) is 2.82. The smallest absolute Gasteiger partial charge is 0.343 e. The van der Waals surface area contributed by atoms with E-state index in [9.17, 15) is 9.59 Å². The third-order valence-electron chi connectivity index (χ3n) is 5.53. The molecule has 3 aromatic rings. The number of rotatable bonds is 11. The average molecular weight is 445 g/mol. The summed E-state index contributed by atoms with van der Waals surface area (Å²) in [4.78, 5) is 24.9. The number of hydrazone groups is 1. The van der Waals surface area contributed by atoms with Gasteiger partial charge in [-0.05, 0) is 42.3 Å². The van der Waals surface area contributed by atoms with Crippen molar-refractivity contribution >= 4 is 28.9 Å². The molecule has 1 N–H and O–H groups in total. The number of nitrogens with one attached hydrogen (secondary N) is 1. The Morgan fingerprint density at radius 3 is 2.55 bits per heavy atom. The van der Waals surface area contributed by atoms with Gasteiger partial charge in [0.05, 0.1) is 11.8 Å². The molecule has 0 bridgehead atoms. The topological polar surface area (TPSA) is 67.8 Å². The molecule has 33 heavy (non-hydrogen) atoms. The fourth-order valence-electron chi connectivity index (χ4n) is 3.72. The van der Waals surface area contributed by atoms with Gasteiger partial charge in [0.2, 0.25) is 5.91 Å². The molecule has 0 atom stereocenters. The lowest BCUT2D eigenvalue weighted by atomic mass is 10.0. The lowest BCUT2D eigenvalue weighted by molar-refractivity contribution is -0.121. The van der Waals surface area contributed by atoms with Crippen molar-refractivity contribution in [2.45, 2.75) is 58.8 Å². The minimum Gasteiger partial charge on any atom is -0.422 e. The lowest BCUT2D eigenvalue weighted by Gasteiger charge is -2.11. The first-order chi connectivity index (χ1) is 16.1. The van der Waals surface area contributed by atoms with Crippen molar-refractivity contribution in [3.8, 4) is 5.75 Å². The summed E-state index contributed by atoms with van der Waals surface area (Å²) in [6.45, 7) is 4.12. The molecule has 1 amide bonds. The van der Waals surface area contributed by atoms with Crippen LogP contribution in [-0.2, 0) is 4.79 Å². The van der Waals surface area contributed by atoms with Crippen LogP contribution in [0.2, 0.25) is 0 Å². The van der Waals surface area contributed by atoms with Crippen LogP contribution in [0.5, 0.6) is 5.75 Å². The normalized spacial score (nSPS) is 11.1. The molecule has 3 aromatic carbocycles. The van der Waals surface area contributed by atoms with Crippen LogP contribution in [0, 0.1) is 6.92 Å². The number of hydrogen-bond acceptors (Lipinski definition) is 4. The molecule has 0 saturated carbocycles. The summed E-state index contributed by atoms with van der Waals surface area (Å²) in [5, 5.41) is 6.04. The van der Waals surface area contributed by atoms with Gasteiger partial charge in [-0.3, -0.25) is 4.79 Å². The highest BCUT2D eigenvalue weighted by Crippen LogP contribution is 2.27. The van der Waals surface area contributed by atoms with Crippen molar-refractivity contribution in [1.29, 1.82) is 0 Å². The number of aryl methyl sites for hydroxylation is 1. The summed E-state index contributed by atoms with van der Waals surface area (Å²) < 4.78 is 5.72. The van der Waals surface area contributed by atoms with Crippen LogP contribution in [-0.4, -0.2) is 18.1 Å². The molecule has 0 aliphatic carbocycles. The third-order valence-corrected chi connectivity index (χ3v) is 5.53. The number of amides is 1. The minimum absolute atomic E-state index is 0.111. The maximum atomic E-state index is 12.7. The highest BCUT2D eigenvalue weighted by atomic mass is 16.5. The van der Waals surface area contributed by atoms with Gasteiger partial charge in [-0.25, -0.2) is 10.2 Å².